The molecule has 1 atom stereocenters. The van der Waals surface area contributed by atoms with Crippen LogP contribution in [-0.4, -0.2) is 4.98 Å². The van der Waals surface area contributed by atoms with Gasteiger partial charge in [-0.2, -0.15) is 0 Å². The largest absolute Gasteiger partial charge is 0.375 e. The summed E-state index contributed by atoms with van der Waals surface area (Å²) in [6, 6.07) is 9.09. The Hall–Kier alpha value is -1.35. The van der Waals surface area contributed by atoms with Crippen molar-refractivity contribution in [2.45, 2.75) is 44.9 Å². The molecule has 1 aliphatic carbocycles. The number of hydrogen-bond acceptors (Lipinski definition) is 3. The molecular formula is C16H20N2S. The molecule has 2 nitrogen and oxygen atoms in total. The van der Waals surface area contributed by atoms with Gasteiger partial charge < -0.3 is 5.73 Å². The van der Waals surface area contributed by atoms with Crippen molar-refractivity contribution < 1.29 is 0 Å². The van der Waals surface area contributed by atoms with Crippen LogP contribution < -0.4 is 5.73 Å². The molecule has 0 radical (unpaired) electrons. The first-order chi connectivity index (χ1) is 9.15. The van der Waals surface area contributed by atoms with Crippen molar-refractivity contribution in [1.82, 2.24) is 4.98 Å². The summed E-state index contributed by atoms with van der Waals surface area (Å²) in [5.74, 6) is 1.09. The van der Waals surface area contributed by atoms with E-state index in [1.54, 1.807) is 11.3 Å². The molecule has 1 aliphatic rings. The summed E-state index contributed by atoms with van der Waals surface area (Å²) in [7, 11) is 0. The first-order valence-electron chi connectivity index (χ1n) is 7.00. The second-order valence-corrected chi connectivity index (χ2v) is 6.69. The molecule has 2 aromatic rings. The average Bonchev–Trinajstić information content (AvgIpc) is 2.78. The molecule has 0 saturated heterocycles. The number of nitrogen functional groups attached to an aromatic ring is 1. The van der Waals surface area contributed by atoms with E-state index in [-0.39, 0.29) is 0 Å². The van der Waals surface area contributed by atoms with E-state index in [1.165, 1.54) is 34.5 Å². The molecule has 0 bridgehead atoms. The lowest BCUT2D eigenvalue weighted by molar-refractivity contribution is 0.617. The third kappa shape index (κ3) is 2.39. The van der Waals surface area contributed by atoms with Crippen molar-refractivity contribution in [2.75, 3.05) is 5.73 Å². The topological polar surface area (TPSA) is 38.9 Å². The summed E-state index contributed by atoms with van der Waals surface area (Å²) in [6.45, 7) is 4.47. The average molecular weight is 272 g/mol. The molecule has 1 aromatic heterocycles. The molecule has 0 saturated carbocycles. The van der Waals surface area contributed by atoms with Gasteiger partial charge in [0.25, 0.3) is 0 Å². The maximum Gasteiger partial charge on any atom is 0.180 e. The Morgan fingerprint density at radius 1 is 1.26 bits per heavy atom. The summed E-state index contributed by atoms with van der Waals surface area (Å²) in [5.41, 5.74) is 9.92. The molecule has 1 aromatic carbocycles. The predicted molar refractivity (Wildman–Crippen MR) is 81.8 cm³/mol. The summed E-state index contributed by atoms with van der Waals surface area (Å²) in [6.07, 6.45) is 3.52. The standard InChI is InChI=1S/C16H20N2S/c1-10(2)11-6-8-12(9-7-11)13-4-3-5-14-15(13)19-16(17)18-14/h6-10,13H,3-5H2,1-2H3,(H2,17,18). The highest BCUT2D eigenvalue weighted by atomic mass is 32.1. The third-order valence-electron chi connectivity index (χ3n) is 3.97. The van der Waals surface area contributed by atoms with Crippen molar-refractivity contribution >= 4 is 16.5 Å². The summed E-state index contributed by atoms with van der Waals surface area (Å²) in [4.78, 5) is 5.86. The predicted octanol–water partition coefficient (Wildman–Crippen LogP) is 4.32. The number of thiazole rings is 1. The van der Waals surface area contributed by atoms with E-state index in [0.29, 0.717) is 11.8 Å². The first-order valence-corrected chi connectivity index (χ1v) is 7.81. The van der Waals surface area contributed by atoms with Gasteiger partial charge in [0, 0.05) is 10.8 Å². The van der Waals surface area contributed by atoms with Crippen molar-refractivity contribution in [3.05, 3.63) is 46.0 Å². The van der Waals surface area contributed by atoms with Crippen LogP contribution in [0.1, 0.15) is 60.2 Å². The van der Waals surface area contributed by atoms with Gasteiger partial charge in [-0.25, -0.2) is 4.98 Å². The number of aromatic nitrogens is 1. The summed E-state index contributed by atoms with van der Waals surface area (Å²) < 4.78 is 0. The van der Waals surface area contributed by atoms with Crippen molar-refractivity contribution in [3.8, 4) is 0 Å². The van der Waals surface area contributed by atoms with Crippen LogP contribution in [0.3, 0.4) is 0 Å². The van der Waals surface area contributed by atoms with Crippen LogP contribution in [0.4, 0.5) is 5.13 Å². The molecule has 1 unspecified atom stereocenters. The highest BCUT2D eigenvalue weighted by Crippen LogP contribution is 2.40. The zero-order chi connectivity index (χ0) is 13.4. The normalized spacial score (nSPS) is 18.6. The first kappa shape index (κ1) is 12.7. The minimum Gasteiger partial charge on any atom is -0.375 e. The monoisotopic (exact) mass is 272 g/mol. The van der Waals surface area contributed by atoms with Crippen molar-refractivity contribution in [1.29, 1.82) is 0 Å². The van der Waals surface area contributed by atoms with Gasteiger partial charge in [0.05, 0.1) is 5.69 Å². The van der Waals surface area contributed by atoms with Gasteiger partial charge in [0.15, 0.2) is 5.13 Å². The zero-order valence-corrected chi connectivity index (χ0v) is 12.3. The minimum atomic E-state index is 0.500. The Bertz CT molecular complexity index is 569. The fraction of sp³-hybridized carbons (Fsp3) is 0.438. The fourth-order valence-electron chi connectivity index (χ4n) is 2.87. The van der Waals surface area contributed by atoms with Crippen LogP contribution in [0, 0.1) is 0 Å². The van der Waals surface area contributed by atoms with Crippen LogP contribution in [0.5, 0.6) is 0 Å². The zero-order valence-electron chi connectivity index (χ0n) is 11.5. The lowest BCUT2D eigenvalue weighted by Crippen LogP contribution is -2.09. The molecular weight excluding hydrogens is 252 g/mol. The number of nitrogens with zero attached hydrogens (tertiary/aromatic N) is 1. The van der Waals surface area contributed by atoms with Crippen molar-refractivity contribution in [3.63, 3.8) is 0 Å². The van der Waals surface area contributed by atoms with E-state index >= 15 is 0 Å². The number of benzene rings is 1. The molecule has 100 valence electrons. The van der Waals surface area contributed by atoms with Crippen LogP contribution >= 0.6 is 11.3 Å². The Morgan fingerprint density at radius 3 is 2.68 bits per heavy atom. The van der Waals surface area contributed by atoms with E-state index in [2.05, 4.69) is 43.1 Å². The second-order valence-electron chi connectivity index (χ2n) is 5.63. The molecule has 0 fully saturated rings. The van der Waals surface area contributed by atoms with Crippen LogP contribution in [-0.2, 0) is 6.42 Å². The quantitative estimate of drug-likeness (QED) is 0.884. The maximum absolute atomic E-state index is 5.87. The van der Waals surface area contributed by atoms with Crippen LogP contribution in [0.25, 0.3) is 0 Å². The van der Waals surface area contributed by atoms with Crippen LogP contribution in [0.15, 0.2) is 24.3 Å². The Labute approximate surface area is 118 Å². The van der Waals surface area contributed by atoms with Gasteiger partial charge in [-0.15, -0.1) is 11.3 Å². The summed E-state index contributed by atoms with van der Waals surface area (Å²) in [5, 5.41) is 0.718. The Morgan fingerprint density at radius 2 is 2.00 bits per heavy atom. The number of anilines is 1. The van der Waals surface area contributed by atoms with E-state index in [9.17, 15) is 0 Å². The molecule has 0 amide bonds. The SMILES string of the molecule is CC(C)c1ccc(C2CCCc3nc(N)sc32)cc1. The lowest BCUT2D eigenvalue weighted by atomic mass is 9.85. The van der Waals surface area contributed by atoms with Crippen molar-refractivity contribution in [2.24, 2.45) is 0 Å². The van der Waals surface area contributed by atoms with Gasteiger partial charge in [0.1, 0.15) is 0 Å². The van der Waals surface area contributed by atoms with Gasteiger partial charge in [0.2, 0.25) is 0 Å². The Kier molecular flexibility index (Phi) is 3.31. The molecule has 2 N–H and O–H groups in total. The second kappa shape index (κ2) is 4.97. The highest BCUT2D eigenvalue weighted by molar-refractivity contribution is 7.15. The number of rotatable bonds is 2. The molecule has 3 rings (SSSR count). The number of fused-ring (bicyclic) bond motifs is 1. The smallest absolute Gasteiger partial charge is 0.180 e. The number of aryl methyl sites for hydroxylation is 1. The third-order valence-corrected chi connectivity index (χ3v) is 5.01. The molecule has 0 aliphatic heterocycles. The van der Waals surface area contributed by atoms with E-state index in [1.807, 2.05) is 0 Å². The number of hydrogen-bond donors (Lipinski definition) is 1. The van der Waals surface area contributed by atoms with E-state index in [4.69, 9.17) is 5.73 Å². The molecule has 19 heavy (non-hydrogen) atoms. The minimum absolute atomic E-state index is 0.500. The summed E-state index contributed by atoms with van der Waals surface area (Å²) >= 11 is 1.67. The lowest BCUT2D eigenvalue weighted by Gasteiger charge is -2.22. The maximum atomic E-state index is 5.87. The van der Waals surface area contributed by atoms with Gasteiger partial charge >= 0.3 is 0 Å². The van der Waals surface area contributed by atoms with Gasteiger partial charge in [-0.05, 0) is 36.3 Å². The fourth-order valence-corrected chi connectivity index (χ4v) is 3.91. The van der Waals surface area contributed by atoms with Crippen LogP contribution in [0.2, 0.25) is 0 Å². The Balaban J connectivity index is 1.94. The number of nitrogens with two attached hydrogens (primary N) is 1. The molecule has 3 heteroatoms. The molecule has 1 heterocycles. The van der Waals surface area contributed by atoms with E-state index in [0.717, 1.165) is 11.6 Å². The van der Waals surface area contributed by atoms with Gasteiger partial charge in [-0.1, -0.05) is 38.1 Å². The van der Waals surface area contributed by atoms with Gasteiger partial charge in [-0.3, -0.25) is 0 Å². The van der Waals surface area contributed by atoms with E-state index < -0.39 is 0 Å². The highest BCUT2D eigenvalue weighted by Gasteiger charge is 2.25. The molecule has 0 spiro atoms.